The van der Waals surface area contributed by atoms with Crippen LogP contribution in [0.25, 0.3) is 0 Å². The van der Waals surface area contributed by atoms with E-state index in [2.05, 4.69) is 76.0 Å². The van der Waals surface area contributed by atoms with Gasteiger partial charge in [0, 0.05) is 30.8 Å². The van der Waals surface area contributed by atoms with Gasteiger partial charge >= 0.3 is 0 Å². The molecule has 0 amide bonds. The minimum absolute atomic E-state index is 0.237. The first-order valence-electron chi connectivity index (χ1n) is 22.7. The number of unbranched alkanes of at least 4 members (excludes halogenated alkanes) is 20. The van der Waals surface area contributed by atoms with Crippen LogP contribution in [0.3, 0.4) is 0 Å². The lowest BCUT2D eigenvalue weighted by Crippen LogP contribution is -2.14. The van der Waals surface area contributed by atoms with Gasteiger partial charge in [0.05, 0.1) is 0 Å². The van der Waals surface area contributed by atoms with Crippen LogP contribution in [-0.2, 0) is 33.1 Å². The van der Waals surface area contributed by atoms with Crippen LogP contribution < -0.4 is 0 Å². The molecule has 57 heavy (non-hydrogen) atoms. The van der Waals surface area contributed by atoms with Crippen molar-refractivity contribution in [1.82, 2.24) is 10.2 Å². The van der Waals surface area contributed by atoms with Gasteiger partial charge in [-0.15, -0.1) is 10.2 Å². The predicted molar refractivity (Wildman–Crippen MR) is 255 cm³/mol. The Kier molecular flexibility index (Phi) is 25.9. The van der Waals surface area contributed by atoms with Crippen molar-refractivity contribution >= 4 is 56.5 Å². The van der Waals surface area contributed by atoms with Gasteiger partial charge in [0.1, 0.15) is 21.6 Å². The lowest BCUT2D eigenvalue weighted by atomic mass is 10.0. The monoisotopic (exact) mass is 874 g/mol. The van der Waals surface area contributed by atoms with Gasteiger partial charge in [0.15, 0.2) is 0 Å². The number of rotatable bonds is 34. The van der Waals surface area contributed by atoms with Crippen molar-refractivity contribution < 1.29 is 8.42 Å². The van der Waals surface area contributed by atoms with Crippen LogP contribution in [0.4, 0.5) is 0 Å². The van der Waals surface area contributed by atoms with Gasteiger partial charge in [-0.2, -0.15) is 23.5 Å². The SMILES string of the molecule is CCCCCCCCCCCCCC(C)(C)SCc1ccc(S(=O)c2nnc(S(=O)c3ccc(CSC(C)(C)CCCCCCCCCCCCC)cc3)s2)cc1. The first-order chi connectivity index (χ1) is 27.5. The first-order valence-corrected chi connectivity index (χ1v) is 27.7. The van der Waals surface area contributed by atoms with Crippen molar-refractivity contribution in [2.45, 2.75) is 235 Å². The number of thioether (sulfide) groups is 2. The summed E-state index contributed by atoms with van der Waals surface area (Å²) in [5.41, 5.74) is 2.48. The molecular formula is C48H78N2O2S5. The Morgan fingerprint density at radius 2 is 0.737 bits per heavy atom. The molecular weight excluding hydrogens is 797 g/mol. The predicted octanol–water partition coefficient (Wildman–Crippen LogP) is 16.3. The zero-order valence-electron chi connectivity index (χ0n) is 36.8. The molecule has 0 bridgehead atoms. The van der Waals surface area contributed by atoms with Gasteiger partial charge in [0.2, 0.25) is 8.68 Å². The van der Waals surface area contributed by atoms with Gasteiger partial charge < -0.3 is 0 Å². The Bertz CT molecular complexity index is 1410. The van der Waals surface area contributed by atoms with E-state index in [9.17, 15) is 8.42 Å². The van der Waals surface area contributed by atoms with E-state index in [-0.39, 0.29) is 9.49 Å². The standard InChI is InChI=1S/C48H78N2O2S5/c1-7-9-11-13-15-17-19-21-23-25-27-37-47(3,4)53-39-41-29-33-43(34-30-41)56(51)45-49-50-46(55-45)57(52)44-35-31-42(32-36-44)40-54-48(5,6)38-28-26-24-22-20-18-16-14-12-10-8-2/h29-36H,7-28,37-40H2,1-6H3. The highest BCUT2D eigenvalue weighted by Gasteiger charge is 2.21. The quantitative estimate of drug-likeness (QED) is 0.0557. The minimum atomic E-state index is -1.46. The highest BCUT2D eigenvalue weighted by molar-refractivity contribution is 8.00. The maximum atomic E-state index is 13.4. The first kappa shape index (κ1) is 50.4. The third-order valence-electron chi connectivity index (χ3n) is 11.0. The van der Waals surface area contributed by atoms with Gasteiger partial charge in [-0.3, -0.25) is 0 Å². The summed E-state index contributed by atoms with van der Waals surface area (Å²) in [6.45, 7) is 14.0. The fraction of sp³-hybridized carbons (Fsp3) is 0.708. The molecule has 2 atom stereocenters. The number of benzene rings is 2. The van der Waals surface area contributed by atoms with Crippen LogP contribution in [0.5, 0.6) is 0 Å². The fourth-order valence-corrected chi connectivity index (χ4v) is 12.7. The third kappa shape index (κ3) is 21.9. The van der Waals surface area contributed by atoms with Gasteiger partial charge in [0.25, 0.3) is 0 Å². The normalized spacial score (nSPS) is 13.3. The van der Waals surface area contributed by atoms with Crippen LogP contribution in [0.1, 0.15) is 207 Å². The van der Waals surface area contributed by atoms with E-state index >= 15 is 0 Å². The number of aromatic nitrogens is 2. The molecule has 1 heterocycles. The van der Waals surface area contributed by atoms with Gasteiger partial charge in [-0.05, 0) is 48.2 Å². The Labute approximate surface area is 367 Å². The van der Waals surface area contributed by atoms with Crippen molar-refractivity contribution in [1.29, 1.82) is 0 Å². The van der Waals surface area contributed by atoms with Crippen LogP contribution in [0.15, 0.2) is 67.0 Å². The van der Waals surface area contributed by atoms with Gasteiger partial charge in [-0.1, -0.05) is 218 Å². The average molecular weight is 875 g/mol. The molecule has 0 radical (unpaired) electrons. The van der Waals surface area contributed by atoms with E-state index in [4.69, 9.17) is 0 Å². The number of hydrogen-bond acceptors (Lipinski definition) is 7. The lowest BCUT2D eigenvalue weighted by Gasteiger charge is -2.24. The van der Waals surface area contributed by atoms with Gasteiger partial charge in [-0.25, -0.2) is 8.42 Å². The topological polar surface area (TPSA) is 59.9 Å². The second kappa shape index (κ2) is 29.3. The summed E-state index contributed by atoms with van der Waals surface area (Å²) >= 11 is 5.20. The fourth-order valence-electron chi connectivity index (χ4n) is 7.10. The number of hydrogen-bond donors (Lipinski definition) is 0. The maximum absolute atomic E-state index is 13.4. The zero-order chi connectivity index (χ0) is 41.2. The molecule has 0 N–H and O–H groups in total. The van der Waals surface area contributed by atoms with Crippen LogP contribution in [0.2, 0.25) is 0 Å². The van der Waals surface area contributed by atoms with E-state index in [1.807, 2.05) is 47.8 Å². The summed E-state index contributed by atoms with van der Waals surface area (Å²) in [6.07, 6.45) is 32.8. The van der Waals surface area contributed by atoms with E-state index in [0.717, 1.165) is 11.5 Å². The summed E-state index contributed by atoms with van der Waals surface area (Å²) < 4.78 is 28.1. The van der Waals surface area contributed by atoms with Crippen molar-refractivity contribution in [2.24, 2.45) is 0 Å². The molecule has 0 aliphatic heterocycles. The Morgan fingerprint density at radius 1 is 0.456 bits per heavy atom. The summed E-state index contributed by atoms with van der Waals surface area (Å²) in [6, 6.07) is 16.1. The highest BCUT2D eigenvalue weighted by Crippen LogP contribution is 2.35. The smallest absolute Gasteiger partial charge is 0.210 e. The summed E-state index contributed by atoms with van der Waals surface area (Å²) in [7, 11) is -2.92. The molecule has 0 aliphatic carbocycles. The van der Waals surface area contributed by atoms with Crippen molar-refractivity contribution in [2.75, 3.05) is 0 Å². The molecule has 0 saturated heterocycles. The summed E-state index contributed by atoms with van der Waals surface area (Å²) in [4.78, 5) is 1.40. The lowest BCUT2D eigenvalue weighted by molar-refractivity contribution is 0.523. The van der Waals surface area contributed by atoms with E-state index in [0.29, 0.717) is 18.5 Å². The molecule has 0 saturated carbocycles. The average Bonchev–Trinajstić information content (AvgIpc) is 3.71. The van der Waals surface area contributed by atoms with Crippen molar-refractivity contribution in [3.05, 3.63) is 59.7 Å². The second-order valence-electron chi connectivity index (χ2n) is 17.3. The molecule has 0 aliphatic rings. The van der Waals surface area contributed by atoms with Crippen molar-refractivity contribution in [3.63, 3.8) is 0 Å². The molecule has 2 unspecified atom stereocenters. The Morgan fingerprint density at radius 3 is 1.04 bits per heavy atom. The number of nitrogens with zero attached hydrogens (tertiary/aromatic N) is 2. The van der Waals surface area contributed by atoms with Crippen molar-refractivity contribution in [3.8, 4) is 0 Å². The molecule has 3 aromatic rings. The Balaban J connectivity index is 1.33. The minimum Gasteiger partial charge on any atom is -0.247 e. The molecule has 1 aromatic heterocycles. The molecule has 9 heteroatoms. The maximum Gasteiger partial charge on any atom is 0.210 e. The molecule has 0 spiro atoms. The largest absolute Gasteiger partial charge is 0.247 e. The van der Waals surface area contributed by atoms with Crippen LogP contribution >= 0.6 is 34.9 Å². The third-order valence-corrected chi connectivity index (χ3v) is 18.0. The van der Waals surface area contributed by atoms with E-state index < -0.39 is 21.6 Å². The highest BCUT2D eigenvalue weighted by atomic mass is 32.2. The Hall–Kier alpha value is -1.00. The molecule has 4 nitrogen and oxygen atoms in total. The van der Waals surface area contributed by atoms with E-state index in [1.54, 1.807) is 0 Å². The molecule has 3 rings (SSSR count). The summed E-state index contributed by atoms with van der Waals surface area (Å²) in [5.74, 6) is 1.88. The second-order valence-corrected chi connectivity index (χ2v) is 25.0. The summed E-state index contributed by atoms with van der Waals surface area (Å²) in [5, 5.41) is 8.41. The molecule has 322 valence electrons. The van der Waals surface area contributed by atoms with E-state index in [1.165, 1.54) is 177 Å². The zero-order valence-corrected chi connectivity index (χ0v) is 40.8. The van der Waals surface area contributed by atoms with Crippen LogP contribution in [0, 0.1) is 0 Å². The van der Waals surface area contributed by atoms with Crippen LogP contribution in [-0.4, -0.2) is 28.1 Å². The molecule has 2 aromatic carbocycles. The molecule has 0 fully saturated rings.